The van der Waals surface area contributed by atoms with E-state index in [1.54, 1.807) is 0 Å². The molecule has 2 heteroatoms. The molecule has 15 heavy (non-hydrogen) atoms. The summed E-state index contributed by atoms with van der Waals surface area (Å²) in [6, 6.07) is 0. The molecular weight excluding hydrogens is 188 g/mol. The van der Waals surface area contributed by atoms with E-state index in [1.165, 1.54) is 0 Å². The van der Waals surface area contributed by atoms with E-state index in [2.05, 4.69) is 31.2 Å². The topological polar surface area (TPSA) is 29.6 Å². The van der Waals surface area contributed by atoms with E-state index < -0.39 is 5.60 Å². The van der Waals surface area contributed by atoms with Gasteiger partial charge >= 0.3 is 0 Å². The van der Waals surface area contributed by atoms with Gasteiger partial charge in [-0.25, -0.2) is 0 Å². The summed E-state index contributed by atoms with van der Waals surface area (Å²) < 4.78 is 5.57. The predicted octanol–water partition coefficient (Wildman–Crippen LogP) is 1.72. The number of carbonyl (C=O) groups is 1. The van der Waals surface area contributed by atoms with E-state index in [1.807, 2.05) is 0 Å². The van der Waals surface area contributed by atoms with Crippen molar-refractivity contribution >= 4 is 5.78 Å². The van der Waals surface area contributed by atoms with E-state index >= 15 is 0 Å². The number of hydrogen-bond donors (Lipinski definition) is 0. The molecule has 0 amide bonds. The molecule has 5 atom stereocenters. The molecule has 5 aliphatic rings. The zero-order chi connectivity index (χ0) is 10.3. The Morgan fingerprint density at radius 1 is 1.47 bits per heavy atom. The maximum atomic E-state index is 12.3. The zero-order valence-corrected chi connectivity index (χ0v) is 8.77. The van der Waals surface area contributed by atoms with Gasteiger partial charge in [-0.3, -0.25) is 4.79 Å². The Balaban J connectivity index is 1.95. The Morgan fingerprint density at radius 3 is 3.00 bits per heavy atom. The number of carbonyl (C=O) groups excluding carboxylic acids is 1. The van der Waals surface area contributed by atoms with Crippen LogP contribution in [0, 0.1) is 23.2 Å². The number of Topliss-reactive ketones (excluding diaryl/α,β-unsaturated/α-hetero) is 1. The Kier molecular flexibility index (Phi) is 1.17. The highest BCUT2D eigenvalue weighted by atomic mass is 16.6. The molecule has 0 aromatic heterocycles. The van der Waals surface area contributed by atoms with Crippen LogP contribution in [-0.2, 0) is 9.53 Å². The van der Waals surface area contributed by atoms with Gasteiger partial charge in [-0.05, 0) is 18.3 Å². The van der Waals surface area contributed by atoms with Crippen molar-refractivity contribution in [2.24, 2.45) is 23.2 Å². The Bertz CT molecular complexity index is 416. The molecule has 1 spiro atoms. The van der Waals surface area contributed by atoms with E-state index in [4.69, 9.17) is 4.74 Å². The van der Waals surface area contributed by atoms with Gasteiger partial charge in [-0.1, -0.05) is 31.2 Å². The van der Waals surface area contributed by atoms with Crippen LogP contribution in [0.2, 0.25) is 0 Å². The van der Waals surface area contributed by atoms with Crippen molar-refractivity contribution in [2.75, 3.05) is 6.61 Å². The van der Waals surface area contributed by atoms with Crippen molar-refractivity contribution in [3.63, 3.8) is 0 Å². The van der Waals surface area contributed by atoms with Crippen molar-refractivity contribution in [3.8, 4) is 0 Å². The largest absolute Gasteiger partial charge is 0.360 e. The van der Waals surface area contributed by atoms with Crippen LogP contribution in [0.15, 0.2) is 24.3 Å². The standard InChI is InChI=1S/C13H14O2/c1-12-6-5-9(8-3-2-4-10(8)12)11(14)13(12)7-15-13/h2-3,5-6,8-10H,4,7H2,1H3/t8-,9+,10-,12-,13?/m1/s1. The van der Waals surface area contributed by atoms with Crippen molar-refractivity contribution in [3.05, 3.63) is 24.3 Å². The number of rotatable bonds is 0. The van der Waals surface area contributed by atoms with E-state index in [0.29, 0.717) is 24.2 Å². The van der Waals surface area contributed by atoms with Gasteiger partial charge in [0.15, 0.2) is 11.4 Å². The SMILES string of the molecule is C[C@]12C=C[C@H](C(=O)C13CO3)[C@H]1C=CC[C@H]12. The van der Waals surface area contributed by atoms with Crippen LogP contribution < -0.4 is 0 Å². The lowest BCUT2D eigenvalue weighted by Gasteiger charge is -2.51. The molecule has 1 unspecified atom stereocenters. The third kappa shape index (κ3) is 0.671. The lowest BCUT2D eigenvalue weighted by Crippen LogP contribution is -2.59. The van der Waals surface area contributed by atoms with Gasteiger partial charge in [-0.2, -0.15) is 0 Å². The third-order valence-corrected chi connectivity index (χ3v) is 5.05. The van der Waals surface area contributed by atoms with E-state index in [0.717, 1.165) is 6.42 Å². The van der Waals surface area contributed by atoms with Crippen molar-refractivity contribution in [2.45, 2.75) is 18.9 Å². The molecule has 78 valence electrons. The molecule has 1 heterocycles. The Hall–Kier alpha value is -0.890. The average molecular weight is 202 g/mol. The second kappa shape index (κ2) is 2.12. The lowest BCUT2D eigenvalue weighted by atomic mass is 9.50. The number of epoxide rings is 1. The number of hydrogen-bond acceptors (Lipinski definition) is 2. The number of allylic oxidation sites excluding steroid dienone is 3. The summed E-state index contributed by atoms with van der Waals surface area (Å²) in [5.41, 5.74) is -0.480. The van der Waals surface area contributed by atoms with E-state index in [9.17, 15) is 4.79 Å². The van der Waals surface area contributed by atoms with Gasteiger partial charge in [0, 0.05) is 11.3 Å². The monoisotopic (exact) mass is 202 g/mol. The lowest BCUT2D eigenvalue weighted by molar-refractivity contribution is -0.141. The molecule has 1 saturated carbocycles. The summed E-state index contributed by atoms with van der Waals surface area (Å²) in [6.07, 6.45) is 9.96. The Morgan fingerprint density at radius 2 is 2.27 bits per heavy atom. The summed E-state index contributed by atoms with van der Waals surface area (Å²) >= 11 is 0. The first-order valence-electron chi connectivity index (χ1n) is 5.73. The van der Waals surface area contributed by atoms with E-state index in [-0.39, 0.29) is 11.3 Å². The normalized spacial score (nSPS) is 59.0. The van der Waals surface area contributed by atoms with Crippen LogP contribution in [0.25, 0.3) is 0 Å². The molecule has 1 aliphatic heterocycles. The van der Waals surface area contributed by atoms with Gasteiger partial charge in [0.25, 0.3) is 0 Å². The second-order valence-corrected chi connectivity index (χ2v) is 5.50. The fourth-order valence-corrected chi connectivity index (χ4v) is 4.00. The quantitative estimate of drug-likeness (QED) is 0.442. The molecule has 2 bridgehead atoms. The van der Waals surface area contributed by atoms with Crippen molar-refractivity contribution in [1.82, 2.24) is 0 Å². The van der Waals surface area contributed by atoms with Crippen molar-refractivity contribution in [1.29, 1.82) is 0 Å². The smallest absolute Gasteiger partial charge is 0.175 e. The summed E-state index contributed by atoms with van der Waals surface area (Å²) in [7, 11) is 0. The maximum Gasteiger partial charge on any atom is 0.175 e. The van der Waals surface area contributed by atoms with Crippen LogP contribution in [0.4, 0.5) is 0 Å². The highest BCUT2D eigenvalue weighted by Gasteiger charge is 2.73. The first kappa shape index (κ1) is 8.28. The van der Waals surface area contributed by atoms with Gasteiger partial charge in [0.05, 0.1) is 6.61 Å². The molecule has 2 nitrogen and oxygen atoms in total. The molecule has 1 saturated heterocycles. The summed E-state index contributed by atoms with van der Waals surface area (Å²) in [5.74, 6) is 1.47. The zero-order valence-electron chi connectivity index (χ0n) is 8.77. The molecule has 5 rings (SSSR count). The fraction of sp³-hybridized carbons (Fsp3) is 0.615. The summed E-state index contributed by atoms with van der Waals surface area (Å²) in [6.45, 7) is 2.85. The molecule has 0 aromatic carbocycles. The van der Waals surface area contributed by atoms with Crippen molar-refractivity contribution < 1.29 is 9.53 Å². The molecular formula is C13H14O2. The van der Waals surface area contributed by atoms with Crippen LogP contribution in [0.5, 0.6) is 0 Å². The second-order valence-electron chi connectivity index (χ2n) is 5.50. The predicted molar refractivity (Wildman–Crippen MR) is 55.2 cm³/mol. The minimum absolute atomic E-state index is 0.0486. The average Bonchev–Trinajstić information content (AvgIpc) is 2.87. The Labute approximate surface area is 89.0 Å². The molecule has 2 fully saturated rings. The minimum atomic E-state index is -0.431. The third-order valence-electron chi connectivity index (χ3n) is 5.05. The van der Waals surface area contributed by atoms with Crippen LogP contribution in [0.3, 0.4) is 0 Å². The molecule has 0 radical (unpaired) electrons. The maximum absolute atomic E-state index is 12.3. The fourth-order valence-electron chi connectivity index (χ4n) is 4.00. The van der Waals surface area contributed by atoms with Gasteiger partial charge in [0.2, 0.25) is 0 Å². The minimum Gasteiger partial charge on any atom is -0.360 e. The van der Waals surface area contributed by atoms with Crippen LogP contribution in [-0.4, -0.2) is 18.0 Å². The first-order chi connectivity index (χ1) is 7.19. The van der Waals surface area contributed by atoms with Crippen LogP contribution >= 0.6 is 0 Å². The number of ether oxygens (including phenoxy) is 1. The van der Waals surface area contributed by atoms with Gasteiger partial charge < -0.3 is 4.74 Å². The van der Waals surface area contributed by atoms with Gasteiger partial charge in [-0.15, -0.1) is 0 Å². The molecule has 4 aliphatic carbocycles. The molecule has 0 aromatic rings. The van der Waals surface area contributed by atoms with Crippen LogP contribution in [0.1, 0.15) is 13.3 Å². The number of ketones is 1. The highest BCUT2D eigenvalue weighted by Crippen LogP contribution is 2.64. The van der Waals surface area contributed by atoms with Gasteiger partial charge in [0.1, 0.15) is 0 Å². The molecule has 0 N–H and O–H groups in total. The first-order valence-corrected chi connectivity index (χ1v) is 5.73. The summed E-state index contributed by atoms with van der Waals surface area (Å²) in [5, 5.41) is 0. The summed E-state index contributed by atoms with van der Waals surface area (Å²) in [4.78, 5) is 12.3. The highest BCUT2D eigenvalue weighted by molar-refractivity contribution is 5.97.